The van der Waals surface area contributed by atoms with E-state index in [0.29, 0.717) is 6.54 Å². The Morgan fingerprint density at radius 3 is 2.85 bits per heavy atom. The lowest BCUT2D eigenvalue weighted by atomic mass is 10.4. The molecule has 4 nitrogen and oxygen atoms in total. The van der Waals surface area contributed by atoms with Crippen LogP contribution in [-0.2, 0) is 11.3 Å². The van der Waals surface area contributed by atoms with E-state index in [0.717, 1.165) is 5.56 Å². The summed E-state index contributed by atoms with van der Waals surface area (Å²) >= 11 is 0. The summed E-state index contributed by atoms with van der Waals surface area (Å²) < 4.78 is 1.63. The Morgan fingerprint density at radius 2 is 2.38 bits per heavy atom. The van der Waals surface area contributed by atoms with Crippen molar-refractivity contribution in [2.45, 2.75) is 33.4 Å². The van der Waals surface area contributed by atoms with Gasteiger partial charge in [-0.25, -0.2) is 0 Å². The lowest BCUT2D eigenvalue weighted by molar-refractivity contribution is -0.122. The van der Waals surface area contributed by atoms with Gasteiger partial charge >= 0.3 is 0 Å². The van der Waals surface area contributed by atoms with Crippen LogP contribution in [0.15, 0.2) is 12.4 Å². The Balaban J connectivity index is 2.45. The minimum Gasteiger partial charge on any atom is -0.352 e. The normalized spacial score (nSPS) is 10.5. The van der Waals surface area contributed by atoms with Crippen LogP contribution in [0.25, 0.3) is 0 Å². The van der Waals surface area contributed by atoms with Crippen LogP contribution in [0.1, 0.15) is 19.4 Å². The molecule has 1 heterocycles. The van der Waals surface area contributed by atoms with Crippen LogP contribution in [0.2, 0.25) is 0 Å². The van der Waals surface area contributed by atoms with Crippen molar-refractivity contribution in [2.75, 3.05) is 0 Å². The van der Waals surface area contributed by atoms with Crippen molar-refractivity contribution in [3.8, 4) is 0 Å². The SMILES string of the molecule is Cc1cnn(CC(=O)NC(C)C)c1. The maximum atomic E-state index is 11.3. The maximum Gasteiger partial charge on any atom is 0.241 e. The van der Waals surface area contributed by atoms with Gasteiger partial charge in [0.25, 0.3) is 0 Å². The molecule has 1 aromatic heterocycles. The number of hydrogen-bond acceptors (Lipinski definition) is 2. The van der Waals surface area contributed by atoms with Gasteiger partial charge in [0.15, 0.2) is 0 Å². The lowest BCUT2D eigenvalue weighted by Gasteiger charge is -2.07. The van der Waals surface area contributed by atoms with Crippen molar-refractivity contribution in [1.82, 2.24) is 15.1 Å². The fourth-order valence-electron chi connectivity index (χ4n) is 1.07. The van der Waals surface area contributed by atoms with Crippen molar-refractivity contribution in [2.24, 2.45) is 0 Å². The van der Waals surface area contributed by atoms with E-state index >= 15 is 0 Å². The van der Waals surface area contributed by atoms with Crippen molar-refractivity contribution >= 4 is 5.91 Å². The van der Waals surface area contributed by atoms with E-state index in [-0.39, 0.29) is 11.9 Å². The molecule has 0 aliphatic carbocycles. The van der Waals surface area contributed by atoms with Crippen LogP contribution in [0.5, 0.6) is 0 Å². The number of aromatic nitrogens is 2. The van der Waals surface area contributed by atoms with E-state index in [1.807, 2.05) is 27.0 Å². The van der Waals surface area contributed by atoms with Crippen LogP contribution < -0.4 is 5.32 Å². The van der Waals surface area contributed by atoms with Gasteiger partial charge in [-0.3, -0.25) is 9.48 Å². The first-order valence-corrected chi connectivity index (χ1v) is 4.36. The maximum absolute atomic E-state index is 11.3. The van der Waals surface area contributed by atoms with Crippen LogP contribution in [0.3, 0.4) is 0 Å². The third-order valence-corrected chi connectivity index (χ3v) is 1.52. The minimum absolute atomic E-state index is 0.00176. The summed E-state index contributed by atoms with van der Waals surface area (Å²) in [7, 11) is 0. The number of hydrogen-bond donors (Lipinski definition) is 1. The molecule has 0 aliphatic rings. The van der Waals surface area contributed by atoms with E-state index < -0.39 is 0 Å². The number of nitrogens with zero attached hydrogens (tertiary/aromatic N) is 2. The molecule has 1 aromatic rings. The second-order valence-electron chi connectivity index (χ2n) is 3.44. The highest BCUT2D eigenvalue weighted by molar-refractivity contribution is 5.75. The van der Waals surface area contributed by atoms with Gasteiger partial charge in [-0.1, -0.05) is 0 Å². The molecule has 4 heteroatoms. The van der Waals surface area contributed by atoms with E-state index in [4.69, 9.17) is 0 Å². The second-order valence-corrected chi connectivity index (χ2v) is 3.44. The molecule has 0 saturated heterocycles. The lowest BCUT2D eigenvalue weighted by Crippen LogP contribution is -2.33. The smallest absolute Gasteiger partial charge is 0.241 e. The van der Waals surface area contributed by atoms with Crippen LogP contribution in [0.4, 0.5) is 0 Å². The minimum atomic E-state index is -0.00176. The quantitative estimate of drug-likeness (QED) is 0.746. The highest BCUT2D eigenvalue weighted by Gasteiger charge is 2.04. The van der Waals surface area contributed by atoms with E-state index in [1.165, 1.54) is 0 Å². The van der Waals surface area contributed by atoms with Crippen LogP contribution in [-0.4, -0.2) is 21.7 Å². The Labute approximate surface area is 77.9 Å². The summed E-state index contributed by atoms with van der Waals surface area (Å²) in [6.45, 7) is 6.12. The first-order chi connectivity index (χ1) is 6.08. The molecule has 1 N–H and O–H groups in total. The highest BCUT2D eigenvalue weighted by atomic mass is 16.2. The molecule has 0 fully saturated rings. The van der Waals surface area contributed by atoms with Crippen molar-refractivity contribution in [3.05, 3.63) is 18.0 Å². The van der Waals surface area contributed by atoms with Crippen molar-refractivity contribution in [3.63, 3.8) is 0 Å². The van der Waals surface area contributed by atoms with E-state index in [2.05, 4.69) is 10.4 Å². The molecule has 0 aromatic carbocycles. The number of carbonyl (C=O) groups is 1. The average Bonchev–Trinajstić information content (AvgIpc) is 2.33. The number of rotatable bonds is 3. The zero-order valence-corrected chi connectivity index (χ0v) is 8.24. The number of nitrogens with one attached hydrogen (secondary N) is 1. The number of aryl methyl sites for hydroxylation is 1. The topological polar surface area (TPSA) is 46.9 Å². The summed E-state index contributed by atoms with van der Waals surface area (Å²) in [5.74, 6) is -0.00176. The second kappa shape index (κ2) is 4.07. The molecule has 0 radical (unpaired) electrons. The van der Waals surface area contributed by atoms with Gasteiger partial charge < -0.3 is 5.32 Å². The van der Waals surface area contributed by atoms with Crippen LogP contribution >= 0.6 is 0 Å². The predicted molar refractivity (Wildman–Crippen MR) is 50.2 cm³/mol. The number of amides is 1. The Morgan fingerprint density at radius 1 is 1.69 bits per heavy atom. The third-order valence-electron chi connectivity index (χ3n) is 1.52. The van der Waals surface area contributed by atoms with Crippen molar-refractivity contribution < 1.29 is 4.79 Å². The van der Waals surface area contributed by atoms with Gasteiger partial charge in [0, 0.05) is 12.2 Å². The van der Waals surface area contributed by atoms with Gasteiger partial charge in [-0.2, -0.15) is 5.10 Å². The zero-order chi connectivity index (χ0) is 9.84. The summed E-state index contributed by atoms with van der Waals surface area (Å²) in [5, 5.41) is 6.82. The fraction of sp³-hybridized carbons (Fsp3) is 0.556. The molecule has 0 aliphatic heterocycles. The standard InChI is InChI=1S/C9H15N3O/c1-7(2)11-9(13)6-12-5-8(3)4-10-12/h4-5,7H,6H2,1-3H3,(H,11,13). The van der Waals surface area contributed by atoms with E-state index in [9.17, 15) is 4.79 Å². The largest absolute Gasteiger partial charge is 0.352 e. The zero-order valence-electron chi connectivity index (χ0n) is 8.24. The summed E-state index contributed by atoms with van der Waals surface area (Å²) in [6, 6.07) is 0.184. The molecular formula is C9H15N3O. The van der Waals surface area contributed by atoms with Gasteiger partial charge in [0.1, 0.15) is 6.54 Å². The molecular weight excluding hydrogens is 166 g/mol. The summed E-state index contributed by atoms with van der Waals surface area (Å²) in [5.41, 5.74) is 1.07. The molecule has 13 heavy (non-hydrogen) atoms. The van der Waals surface area contributed by atoms with Gasteiger partial charge in [0.2, 0.25) is 5.91 Å². The third kappa shape index (κ3) is 3.27. The van der Waals surface area contributed by atoms with Gasteiger partial charge in [0.05, 0.1) is 6.20 Å². The molecule has 1 rings (SSSR count). The Hall–Kier alpha value is -1.32. The first kappa shape index (κ1) is 9.77. The van der Waals surface area contributed by atoms with Gasteiger partial charge in [-0.05, 0) is 26.3 Å². The van der Waals surface area contributed by atoms with E-state index in [1.54, 1.807) is 10.9 Å². The molecule has 72 valence electrons. The molecule has 0 spiro atoms. The molecule has 0 atom stereocenters. The summed E-state index contributed by atoms with van der Waals surface area (Å²) in [6.07, 6.45) is 3.59. The molecule has 0 saturated carbocycles. The monoisotopic (exact) mass is 181 g/mol. The van der Waals surface area contributed by atoms with Crippen molar-refractivity contribution in [1.29, 1.82) is 0 Å². The first-order valence-electron chi connectivity index (χ1n) is 4.36. The fourth-order valence-corrected chi connectivity index (χ4v) is 1.07. The highest BCUT2D eigenvalue weighted by Crippen LogP contribution is 1.93. The predicted octanol–water partition coefficient (Wildman–Crippen LogP) is 0.716. The molecule has 1 amide bonds. The summed E-state index contributed by atoms with van der Waals surface area (Å²) in [4.78, 5) is 11.3. The van der Waals surface area contributed by atoms with Gasteiger partial charge in [-0.15, -0.1) is 0 Å². The Kier molecular flexibility index (Phi) is 3.06. The average molecular weight is 181 g/mol. The number of carbonyl (C=O) groups excluding carboxylic acids is 1. The Bertz CT molecular complexity index is 291. The van der Waals surface area contributed by atoms with Crippen LogP contribution in [0, 0.1) is 6.92 Å². The molecule has 0 bridgehead atoms. The molecule has 0 unspecified atom stereocenters.